The molecule has 3 aliphatic rings. The van der Waals surface area contributed by atoms with E-state index in [0.29, 0.717) is 11.1 Å². The first-order chi connectivity index (χ1) is 8.78. The number of rotatable bonds is 2. The van der Waals surface area contributed by atoms with Gasteiger partial charge in [-0.2, -0.15) is 4.79 Å². The number of piperidine rings is 3. The highest BCUT2D eigenvalue weighted by atomic mass is 16.6. The second-order valence-corrected chi connectivity index (χ2v) is 5.59. The highest BCUT2D eigenvalue weighted by Gasteiger charge is 2.46. The molecule has 3 heterocycles. The molecule has 0 saturated carbocycles. The van der Waals surface area contributed by atoms with Crippen molar-refractivity contribution in [3.05, 3.63) is 35.9 Å². The summed E-state index contributed by atoms with van der Waals surface area (Å²) in [5.41, 5.74) is 1.07. The van der Waals surface area contributed by atoms with Gasteiger partial charge >= 0.3 is 6.09 Å². The van der Waals surface area contributed by atoms with E-state index in [1.807, 2.05) is 30.3 Å². The third-order valence-corrected chi connectivity index (χ3v) is 4.49. The van der Waals surface area contributed by atoms with Gasteiger partial charge in [0.2, 0.25) is 0 Å². The molecule has 0 N–H and O–H groups in total. The molecular weight excluding hydrogens is 226 g/mol. The van der Waals surface area contributed by atoms with Crippen molar-refractivity contribution in [2.45, 2.75) is 25.9 Å². The van der Waals surface area contributed by atoms with Crippen molar-refractivity contribution in [2.24, 2.45) is 5.92 Å². The molecular formula is C15H20NO2+. The fourth-order valence-corrected chi connectivity index (χ4v) is 3.19. The number of quaternary nitrogens is 1. The predicted molar refractivity (Wildman–Crippen MR) is 68.8 cm³/mol. The van der Waals surface area contributed by atoms with Crippen LogP contribution in [-0.4, -0.2) is 30.2 Å². The Morgan fingerprint density at radius 1 is 1.11 bits per heavy atom. The standard InChI is InChI=1S/C15H20NO2/c17-15(18-12-14-4-2-1-3-5-14)16-9-6-13(7-10-16)8-11-16/h1-5,13H,6-12H2/q+1. The van der Waals surface area contributed by atoms with Crippen molar-refractivity contribution in [2.75, 3.05) is 19.6 Å². The summed E-state index contributed by atoms with van der Waals surface area (Å²) in [4.78, 5) is 12.3. The molecule has 1 aromatic rings. The zero-order chi connectivity index (χ0) is 12.4. The van der Waals surface area contributed by atoms with Gasteiger partial charge in [-0.15, -0.1) is 0 Å². The molecule has 1 amide bonds. The number of benzene rings is 1. The van der Waals surface area contributed by atoms with E-state index in [9.17, 15) is 4.79 Å². The molecule has 4 rings (SSSR count). The largest absolute Gasteiger partial charge is 0.516 e. The minimum atomic E-state index is -0.0167. The van der Waals surface area contributed by atoms with Crippen LogP contribution in [0.25, 0.3) is 0 Å². The first-order valence-electron chi connectivity index (χ1n) is 6.86. The monoisotopic (exact) mass is 246 g/mol. The quantitative estimate of drug-likeness (QED) is 0.750. The molecule has 2 bridgehead atoms. The smallest absolute Gasteiger partial charge is 0.415 e. The van der Waals surface area contributed by atoms with E-state index in [0.717, 1.165) is 31.1 Å². The number of carbonyl (C=O) groups excluding carboxylic acids is 1. The van der Waals surface area contributed by atoms with Gasteiger partial charge in [-0.1, -0.05) is 30.3 Å². The van der Waals surface area contributed by atoms with Gasteiger partial charge < -0.3 is 4.74 Å². The Balaban J connectivity index is 1.61. The van der Waals surface area contributed by atoms with Gasteiger partial charge in [0.1, 0.15) is 6.61 Å². The number of hydrogen-bond donors (Lipinski definition) is 0. The summed E-state index contributed by atoms with van der Waals surface area (Å²) >= 11 is 0. The van der Waals surface area contributed by atoms with Crippen molar-refractivity contribution in [1.29, 1.82) is 0 Å². The first kappa shape index (κ1) is 11.7. The lowest BCUT2D eigenvalue weighted by molar-refractivity contribution is -0.874. The summed E-state index contributed by atoms with van der Waals surface area (Å²) in [6.45, 7) is 3.36. The number of hydrogen-bond acceptors (Lipinski definition) is 2. The van der Waals surface area contributed by atoms with Gasteiger partial charge in [0.05, 0.1) is 19.6 Å². The van der Waals surface area contributed by atoms with Gasteiger partial charge in [-0.3, -0.25) is 0 Å². The van der Waals surface area contributed by atoms with Crippen LogP contribution >= 0.6 is 0 Å². The number of amides is 1. The van der Waals surface area contributed by atoms with E-state index in [1.165, 1.54) is 19.3 Å². The molecule has 0 unspecified atom stereocenters. The Labute approximate surface area is 108 Å². The van der Waals surface area contributed by atoms with Crippen LogP contribution in [0.1, 0.15) is 24.8 Å². The molecule has 0 spiro atoms. The average Bonchev–Trinajstić information content (AvgIpc) is 2.48. The van der Waals surface area contributed by atoms with E-state index >= 15 is 0 Å². The Morgan fingerprint density at radius 3 is 2.33 bits per heavy atom. The topological polar surface area (TPSA) is 26.3 Å². The summed E-state index contributed by atoms with van der Waals surface area (Å²) in [6, 6.07) is 9.91. The fourth-order valence-electron chi connectivity index (χ4n) is 3.19. The van der Waals surface area contributed by atoms with E-state index in [2.05, 4.69) is 0 Å². The SMILES string of the molecule is O=C(OCc1ccccc1)[N+]12CCC(CC1)CC2. The van der Waals surface area contributed by atoms with Crippen LogP contribution in [0.2, 0.25) is 0 Å². The first-order valence-corrected chi connectivity index (χ1v) is 6.86. The summed E-state index contributed by atoms with van der Waals surface area (Å²) in [5, 5.41) is 0. The fraction of sp³-hybridized carbons (Fsp3) is 0.533. The summed E-state index contributed by atoms with van der Waals surface area (Å²) in [6.07, 6.45) is 3.57. The third-order valence-electron chi connectivity index (χ3n) is 4.49. The minimum Gasteiger partial charge on any atom is -0.415 e. The number of fused-ring (bicyclic) bond motifs is 3. The summed E-state index contributed by atoms with van der Waals surface area (Å²) in [5.74, 6) is 0.868. The van der Waals surface area contributed by atoms with Gasteiger partial charge in [0.25, 0.3) is 0 Å². The molecule has 3 nitrogen and oxygen atoms in total. The Morgan fingerprint density at radius 2 is 1.72 bits per heavy atom. The molecule has 1 aromatic carbocycles. The highest BCUT2D eigenvalue weighted by Crippen LogP contribution is 2.34. The molecule has 96 valence electrons. The second kappa shape index (κ2) is 4.73. The Hall–Kier alpha value is -1.35. The lowest BCUT2D eigenvalue weighted by Gasteiger charge is -2.45. The van der Waals surface area contributed by atoms with Gasteiger partial charge in [-0.05, 0) is 11.5 Å². The third kappa shape index (κ3) is 2.15. The van der Waals surface area contributed by atoms with E-state index in [4.69, 9.17) is 4.74 Å². The highest BCUT2D eigenvalue weighted by molar-refractivity contribution is 5.60. The van der Waals surface area contributed by atoms with Crippen molar-refractivity contribution < 1.29 is 14.0 Å². The molecule has 18 heavy (non-hydrogen) atoms. The molecule has 3 aliphatic heterocycles. The minimum absolute atomic E-state index is 0.0167. The summed E-state index contributed by atoms with van der Waals surface area (Å²) < 4.78 is 6.09. The van der Waals surface area contributed by atoms with Crippen LogP contribution in [0.4, 0.5) is 4.79 Å². The van der Waals surface area contributed by atoms with Crippen LogP contribution in [0.5, 0.6) is 0 Å². The van der Waals surface area contributed by atoms with Crippen LogP contribution in [-0.2, 0) is 11.3 Å². The van der Waals surface area contributed by atoms with Crippen molar-refractivity contribution in [3.63, 3.8) is 0 Å². The van der Waals surface area contributed by atoms with E-state index in [-0.39, 0.29) is 6.09 Å². The molecule has 3 heteroatoms. The number of ether oxygens (including phenoxy) is 1. The van der Waals surface area contributed by atoms with Gasteiger partial charge in [0.15, 0.2) is 0 Å². The zero-order valence-corrected chi connectivity index (χ0v) is 10.7. The van der Waals surface area contributed by atoms with Crippen LogP contribution in [0, 0.1) is 5.92 Å². The summed E-state index contributed by atoms with van der Waals surface area (Å²) in [7, 11) is 0. The normalized spacial score (nSPS) is 30.1. The maximum absolute atomic E-state index is 12.3. The van der Waals surface area contributed by atoms with Crippen molar-refractivity contribution in [3.8, 4) is 0 Å². The van der Waals surface area contributed by atoms with E-state index < -0.39 is 0 Å². The maximum Gasteiger partial charge on any atom is 0.516 e. The van der Waals surface area contributed by atoms with Crippen LogP contribution in [0.3, 0.4) is 0 Å². The molecule has 0 atom stereocenters. The van der Waals surface area contributed by atoms with Crippen molar-refractivity contribution in [1.82, 2.24) is 0 Å². The molecule has 0 radical (unpaired) electrons. The lowest BCUT2D eigenvalue weighted by atomic mass is 9.86. The van der Waals surface area contributed by atoms with Gasteiger partial charge in [-0.25, -0.2) is 4.48 Å². The number of carbonyl (C=O) groups is 1. The van der Waals surface area contributed by atoms with Gasteiger partial charge in [0, 0.05) is 19.3 Å². The predicted octanol–water partition coefficient (Wildman–Crippen LogP) is 2.95. The average molecular weight is 246 g/mol. The maximum atomic E-state index is 12.3. The van der Waals surface area contributed by atoms with E-state index in [1.54, 1.807) is 0 Å². The molecule has 3 saturated heterocycles. The second-order valence-electron chi connectivity index (χ2n) is 5.59. The lowest BCUT2D eigenvalue weighted by Crippen LogP contribution is -2.61. The molecule has 0 aliphatic carbocycles. The molecule has 0 aromatic heterocycles. The zero-order valence-electron chi connectivity index (χ0n) is 10.7. The van der Waals surface area contributed by atoms with Crippen LogP contribution < -0.4 is 0 Å². The van der Waals surface area contributed by atoms with Crippen molar-refractivity contribution >= 4 is 6.09 Å². The van der Waals surface area contributed by atoms with Crippen LogP contribution in [0.15, 0.2) is 30.3 Å². The number of nitrogens with zero attached hydrogens (tertiary/aromatic N) is 1. The molecule has 3 fully saturated rings. The Bertz CT molecular complexity index is 408. The Kier molecular flexibility index (Phi) is 3.08.